The van der Waals surface area contributed by atoms with Crippen molar-refractivity contribution in [3.63, 3.8) is 0 Å². The lowest BCUT2D eigenvalue weighted by Gasteiger charge is -2.43. The van der Waals surface area contributed by atoms with Gasteiger partial charge < -0.3 is 19.3 Å². The molecule has 1 amide bonds. The Kier molecular flexibility index (Phi) is 7.31. The van der Waals surface area contributed by atoms with E-state index in [9.17, 15) is 9.18 Å². The maximum absolute atomic E-state index is 13.3. The first-order valence-corrected chi connectivity index (χ1v) is 11.5. The molecular formula is C24H34FN5O3. The number of benzene rings is 1. The minimum atomic E-state index is -0.775. The molecule has 2 aliphatic heterocycles. The first kappa shape index (κ1) is 23.7. The highest BCUT2D eigenvalue weighted by Crippen LogP contribution is 2.27. The second-order valence-corrected chi connectivity index (χ2v) is 9.26. The monoisotopic (exact) mass is 459 g/mol. The molecule has 1 atom stereocenters. The molecule has 0 spiro atoms. The van der Waals surface area contributed by atoms with E-state index in [0.29, 0.717) is 18.9 Å². The van der Waals surface area contributed by atoms with Crippen molar-refractivity contribution in [1.29, 1.82) is 0 Å². The summed E-state index contributed by atoms with van der Waals surface area (Å²) in [7, 11) is 3.99. The van der Waals surface area contributed by atoms with E-state index in [1.54, 1.807) is 12.1 Å². The number of nitrogens with zero attached hydrogens (tertiary/aromatic N) is 5. The van der Waals surface area contributed by atoms with Gasteiger partial charge in [0.2, 0.25) is 5.91 Å². The van der Waals surface area contributed by atoms with Gasteiger partial charge in [0.05, 0.1) is 18.7 Å². The van der Waals surface area contributed by atoms with Crippen LogP contribution < -0.4 is 4.74 Å². The number of morpholine rings is 1. The van der Waals surface area contributed by atoms with Crippen LogP contribution in [0.5, 0.6) is 5.75 Å². The van der Waals surface area contributed by atoms with Crippen LogP contribution in [0.3, 0.4) is 0 Å². The van der Waals surface area contributed by atoms with Crippen LogP contribution in [-0.2, 0) is 23.1 Å². The maximum atomic E-state index is 13.3. The lowest BCUT2D eigenvalue weighted by molar-refractivity contribution is -0.157. The van der Waals surface area contributed by atoms with Crippen LogP contribution in [0.2, 0.25) is 0 Å². The number of piperazine rings is 1. The van der Waals surface area contributed by atoms with Crippen LogP contribution in [0.25, 0.3) is 0 Å². The number of amides is 1. The lowest BCUT2D eigenvalue weighted by atomic mass is 9.96. The van der Waals surface area contributed by atoms with Gasteiger partial charge in [-0.2, -0.15) is 5.10 Å². The van der Waals surface area contributed by atoms with Crippen molar-refractivity contribution >= 4 is 5.91 Å². The van der Waals surface area contributed by atoms with E-state index in [2.05, 4.69) is 21.9 Å². The summed E-state index contributed by atoms with van der Waals surface area (Å²) in [4.78, 5) is 19.7. The fourth-order valence-electron chi connectivity index (χ4n) is 4.54. The Balaban J connectivity index is 1.48. The predicted octanol–water partition coefficient (Wildman–Crippen LogP) is 1.68. The topological polar surface area (TPSA) is 63.1 Å². The van der Waals surface area contributed by atoms with Crippen molar-refractivity contribution in [2.45, 2.75) is 25.5 Å². The molecule has 9 heteroatoms. The van der Waals surface area contributed by atoms with Crippen molar-refractivity contribution < 1.29 is 18.7 Å². The third kappa shape index (κ3) is 6.10. The summed E-state index contributed by atoms with van der Waals surface area (Å²) in [6.45, 7) is 8.03. The summed E-state index contributed by atoms with van der Waals surface area (Å²) in [5.41, 5.74) is 1.40. The minimum absolute atomic E-state index is 0.0882. The van der Waals surface area contributed by atoms with E-state index in [0.717, 1.165) is 50.5 Å². The molecule has 1 aromatic heterocycles. The largest absolute Gasteiger partial charge is 0.491 e. The summed E-state index contributed by atoms with van der Waals surface area (Å²) in [6, 6.07) is 5.95. The molecule has 3 heterocycles. The number of ether oxygens (including phenoxy) is 2. The van der Waals surface area contributed by atoms with Crippen LogP contribution >= 0.6 is 0 Å². The van der Waals surface area contributed by atoms with E-state index in [1.807, 2.05) is 29.7 Å². The Bertz CT molecular complexity index is 942. The van der Waals surface area contributed by atoms with Gasteiger partial charge in [-0.15, -0.1) is 0 Å². The molecule has 2 aliphatic rings. The molecule has 0 radical (unpaired) electrons. The number of aryl methyl sites for hydroxylation is 2. The van der Waals surface area contributed by atoms with Crippen molar-refractivity contribution in [2.24, 2.45) is 7.05 Å². The molecular weight excluding hydrogens is 425 g/mol. The third-order valence-electron chi connectivity index (χ3n) is 6.48. The predicted molar refractivity (Wildman–Crippen MR) is 122 cm³/mol. The van der Waals surface area contributed by atoms with Crippen LogP contribution in [-0.4, -0.2) is 95.5 Å². The fraction of sp³-hybridized carbons (Fsp3) is 0.583. The highest BCUT2D eigenvalue weighted by molar-refractivity contribution is 5.77. The zero-order chi connectivity index (χ0) is 23.4. The van der Waals surface area contributed by atoms with Gasteiger partial charge in [-0.05, 0) is 38.2 Å². The van der Waals surface area contributed by atoms with E-state index in [1.165, 1.54) is 12.1 Å². The molecule has 8 nitrogen and oxygen atoms in total. The molecule has 180 valence electrons. The van der Waals surface area contributed by atoms with E-state index in [4.69, 9.17) is 9.47 Å². The zero-order valence-corrected chi connectivity index (χ0v) is 19.8. The van der Waals surface area contributed by atoms with Gasteiger partial charge in [0.1, 0.15) is 23.8 Å². The number of hydrogen-bond acceptors (Lipinski definition) is 6. The molecule has 0 aliphatic carbocycles. The Morgan fingerprint density at radius 2 is 1.88 bits per heavy atom. The number of rotatable bonds is 7. The molecule has 1 aromatic carbocycles. The number of carbonyl (C=O) groups excluding carboxylic acids is 1. The fourth-order valence-corrected chi connectivity index (χ4v) is 4.54. The molecule has 0 N–H and O–H groups in total. The Morgan fingerprint density at radius 1 is 1.15 bits per heavy atom. The summed E-state index contributed by atoms with van der Waals surface area (Å²) in [5, 5.41) is 4.45. The zero-order valence-electron chi connectivity index (χ0n) is 19.8. The van der Waals surface area contributed by atoms with Crippen LogP contribution in [0.1, 0.15) is 17.7 Å². The van der Waals surface area contributed by atoms with Crippen LogP contribution in [0, 0.1) is 12.7 Å². The minimum Gasteiger partial charge on any atom is -0.491 e. The highest BCUT2D eigenvalue weighted by Gasteiger charge is 2.41. The molecule has 33 heavy (non-hydrogen) atoms. The molecule has 2 saturated heterocycles. The standard InChI is InChI=1S/C24H34FN5O3/c1-19-20(15-28(3)26-19)16-29-12-13-33-24(17-29,18-32-22-6-4-21(25)5-7-22)14-23(31)30-10-8-27(2)9-11-30/h4-7,15H,8-14,16-18H2,1-3H3/t24-/m1/s1. The second kappa shape index (κ2) is 10.2. The van der Waals surface area contributed by atoms with Crippen molar-refractivity contribution in [2.75, 3.05) is 59.5 Å². The van der Waals surface area contributed by atoms with Gasteiger partial charge in [-0.3, -0.25) is 14.4 Å². The first-order chi connectivity index (χ1) is 15.8. The molecule has 4 rings (SSSR count). The van der Waals surface area contributed by atoms with Crippen LogP contribution in [0.15, 0.2) is 30.5 Å². The average molecular weight is 460 g/mol. The van der Waals surface area contributed by atoms with E-state index < -0.39 is 5.60 Å². The molecule has 2 fully saturated rings. The quantitative estimate of drug-likeness (QED) is 0.628. The van der Waals surface area contributed by atoms with Gasteiger partial charge in [0, 0.05) is 64.6 Å². The summed E-state index contributed by atoms with van der Waals surface area (Å²) < 4.78 is 27.4. The number of hydrogen-bond donors (Lipinski definition) is 0. The SMILES string of the molecule is Cc1nn(C)cc1CN1CCO[C@](COc2ccc(F)cc2)(CC(=O)N2CCN(C)CC2)C1. The van der Waals surface area contributed by atoms with Gasteiger partial charge in [0.25, 0.3) is 0 Å². The van der Waals surface area contributed by atoms with Crippen molar-refractivity contribution in [3.05, 3.63) is 47.5 Å². The van der Waals surface area contributed by atoms with Crippen molar-refractivity contribution in [1.82, 2.24) is 24.5 Å². The summed E-state index contributed by atoms with van der Waals surface area (Å²) >= 11 is 0. The highest BCUT2D eigenvalue weighted by atomic mass is 19.1. The number of carbonyl (C=O) groups is 1. The van der Waals surface area contributed by atoms with Gasteiger partial charge in [0.15, 0.2) is 0 Å². The van der Waals surface area contributed by atoms with E-state index in [-0.39, 0.29) is 24.8 Å². The second-order valence-electron chi connectivity index (χ2n) is 9.26. The molecule has 2 aromatic rings. The van der Waals surface area contributed by atoms with E-state index >= 15 is 0 Å². The van der Waals surface area contributed by atoms with Crippen LogP contribution in [0.4, 0.5) is 4.39 Å². The van der Waals surface area contributed by atoms with Crippen molar-refractivity contribution in [3.8, 4) is 5.75 Å². The Labute approximate surface area is 194 Å². The first-order valence-electron chi connectivity index (χ1n) is 11.5. The number of likely N-dealkylation sites (N-methyl/N-ethyl adjacent to an activating group) is 1. The summed E-state index contributed by atoms with van der Waals surface area (Å²) in [6.07, 6.45) is 2.29. The molecule has 0 saturated carbocycles. The molecule has 0 unspecified atom stereocenters. The Morgan fingerprint density at radius 3 is 2.55 bits per heavy atom. The van der Waals surface area contributed by atoms with Gasteiger partial charge in [-0.1, -0.05) is 0 Å². The lowest BCUT2D eigenvalue weighted by Crippen LogP contribution is -2.58. The number of halogens is 1. The number of aromatic nitrogens is 2. The summed E-state index contributed by atoms with van der Waals surface area (Å²) in [5.74, 6) is 0.339. The van der Waals surface area contributed by atoms with Gasteiger partial charge in [-0.25, -0.2) is 4.39 Å². The molecule has 0 bridgehead atoms. The van der Waals surface area contributed by atoms with Gasteiger partial charge >= 0.3 is 0 Å². The Hall–Kier alpha value is -2.49. The maximum Gasteiger partial charge on any atom is 0.225 e. The smallest absolute Gasteiger partial charge is 0.225 e. The normalized spacial score (nSPS) is 22.5. The average Bonchev–Trinajstić information content (AvgIpc) is 3.10. The third-order valence-corrected chi connectivity index (χ3v) is 6.48.